The molecule has 0 amide bonds. The minimum absolute atomic E-state index is 0.610. The second-order valence-corrected chi connectivity index (χ2v) is 6.37. The SMILES string of the molecule is CCN1CCCC1CN=C(N)NCCCC1CCCC1. The number of likely N-dealkylation sites (N-methyl/N-ethyl adjacent to an activating group) is 1. The molecule has 2 aliphatic rings. The van der Waals surface area contributed by atoms with E-state index in [2.05, 4.69) is 22.1 Å². The molecule has 1 aliphatic carbocycles. The number of nitrogens with one attached hydrogen (secondary N) is 1. The Morgan fingerprint density at radius 3 is 2.80 bits per heavy atom. The summed E-state index contributed by atoms with van der Waals surface area (Å²) < 4.78 is 0. The van der Waals surface area contributed by atoms with Crippen molar-refractivity contribution in [2.45, 2.75) is 64.3 Å². The quantitative estimate of drug-likeness (QED) is 0.427. The predicted octanol–water partition coefficient (Wildman–Crippen LogP) is 2.35. The van der Waals surface area contributed by atoms with E-state index in [-0.39, 0.29) is 0 Å². The van der Waals surface area contributed by atoms with Crippen molar-refractivity contribution in [1.82, 2.24) is 10.2 Å². The molecule has 0 bridgehead atoms. The molecule has 1 unspecified atom stereocenters. The van der Waals surface area contributed by atoms with Gasteiger partial charge in [-0.1, -0.05) is 32.6 Å². The molecule has 0 aromatic heterocycles. The highest BCUT2D eigenvalue weighted by Gasteiger charge is 2.22. The number of guanidine groups is 1. The van der Waals surface area contributed by atoms with Crippen molar-refractivity contribution in [3.05, 3.63) is 0 Å². The monoisotopic (exact) mass is 280 g/mol. The third-order valence-electron chi connectivity index (χ3n) is 4.95. The molecular weight excluding hydrogens is 248 g/mol. The van der Waals surface area contributed by atoms with Gasteiger partial charge in [0.15, 0.2) is 5.96 Å². The lowest BCUT2D eigenvalue weighted by molar-refractivity contribution is 0.273. The Hall–Kier alpha value is -0.770. The van der Waals surface area contributed by atoms with Crippen LogP contribution in [0.4, 0.5) is 0 Å². The fourth-order valence-electron chi connectivity index (χ4n) is 3.68. The van der Waals surface area contributed by atoms with Gasteiger partial charge in [-0.2, -0.15) is 0 Å². The number of rotatable bonds is 7. The molecule has 1 saturated heterocycles. The highest BCUT2D eigenvalue weighted by Crippen LogP contribution is 2.28. The van der Waals surface area contributed by atoms with Crippen LogP contribution in [0.15, 0.2) is 4.99 Å². The Balaban J connectivity index is 1.56. The number of nitrogens with two attached hydrogens (primary N) is 1. The molecule has 1 atom stereocenters. The van der Waals surface area contributed by atoms with E-state index >= 15 is 0 Å². The summed E-state index contributed by atoms with van der Waals surface area (Å²) in [7, 11) is 0. The first kappa shape index (κ1) is 15.6. The van der Waals surface area contributed by atoms with Gasteiger partial charge in [0.25, 0.3) is 0 Å². The highest BCUT2D eigenvalue weighted by molar-refractivity contribution is 5.77. The number of hydrogen-bond donors (Lipinski definition) is 2. The van der Waals surface area contributed by atoms with Crippen molar-refractivity contribution >= 4 is 5.96 Å². The Morgan fingerprint density at radius 1 is 1.25 bits per heavy atom. The second kappa shape index (κ2) is 8.50. The molecule has 20 heavy (non-hydrogen) atoms. The lowest BCUT2D eigenvalue weighted by Crippen LogP contribution is -2.36. The van der Waals surface area contributed by atoms with Crippen molar-refractivity contribution in [2.75, 3.05) is 26.2 Å². The molecule has 1 heterocycles. The van der Waals surface area contributed by atoms with Gasteiger partial charge in [-0.25, -0.2) is 0 Å². The lowest BCUT2D eigenvalue weighted by atomic mass is 10.0. The fourth-order valence-corrected chi connectivity index (χ4v) is 3.68. The second-order valence-electron chi connectivity index (χ2n) is 6.37. The third kappa shape index (κ3) is 4.97. The number of hydrogen-bond acceptors (Lipinski definition) is 2. The zero-order chi connectivity index (χ0) is 14.2. The first-order chi connectivity index (χ1) is 9.79. The molecule has 0 aromatic carbocycles. The van der Waals surface area contributed by atoms with Gasteiger partial charge in [-0.05, 0) is 44.7 Å². The molecule has 1 saturated carbocycles. The Labute approximate surface area is 124 Å². The predicted molar refractivity (Wildman–Crippen MR) is 86.0 cm³/mol. The van der Waals surface area contributed by atoms with Crippen LogP contribution in [0.1, 0.15) is 58.3 Å². The van der Waals surface area contributed by atoms with E-state index < -0.39 is 0 Å². The summed E-state index contributed by atoms with van der Waals surface area (Å²) in [5.74, 6) is 1.62. The molecule has 3 N–H and O–H groups in total. The average molecular weight is 280 g/mol. The van der Waals surface area contributed by atoms with Crippen LogP contribution >= 0.6 is 0 Å². The third-order valence-corrected chi connectivity index (χ3v) is 4.95. The summed E-state index contributed by atoms with van der Waals surface area (Å²) in [5, 5.41) is 3.27. The van der Waals surface area contributed by atoms with Crippen LogP contribution in [0.3, 0.4) is 0 Å². The van der Waals surface area contributed by atoms with Gasteiger partial charge >= 0.3 is 0 Å². The number of nitrogens with zero attached hydrogens (tertiary/aromatic N) is 2. The molecule has 116 valence electrons. The number of likely N-dealkylation sites (tertiary alicyclic amines) is 1. The first-order valence-electron chi connectivity index (χ1n) is 8.57. The van der Waals surface area contributed by atoms with Gasteiger partial charge in [0.05, 0.1) is 6.54 Å². The van der Waals surface area contributed by atoms with Crippen molar-refractivity contribution in [3.63, 3.8) is 0 Å². The normalized spacial score (nSPS) is 25.4. The van der Waals surface area contributed by atoms with Gasteiger partial charge < -0.3 is 11.1 Å². The summed E-state index contributed by atoms with van der Waals surface area (Å²) in [6.45, 7) is 6.43. The molecule has 1 aliphatic heterocycles. The van der Waals surface area contributed by atoms with Crippen LogP contribution in [0.25, 0.3) is 0 Å². The smallest absolute Gasteiger partial charge is 0.188 e. The zero-order valence-corrected chi connectivity index (χ0v) is 13.1. The summed E-state index contributed by atoms with van der Waals surface area (Å²) in [6.07, 6.45) is 10.9. The van der Waals surface area contributed by atoms with E-state index in [1.165, 1.54) is 57.9 Å². The average Bonchev–Trinajstić information content (AvgIpc) is 3.12. The van der Waals surface area contributed by atoms with Crippen LogP contribution in [0.5, 0.6) is 0 Å². The minimum atomic E-state index is 0.610. The molecule has 0 spiro atoms. The standard InChI is InChI=1S/C16H32N4/c1-2-20-12-6-10-15(20)13-19-16(17)18-11-5-9-14-7-3-4-8-14/h14-15H,2-13H2,1H3,(H3,17,18,19). The molecule has 4 nitrogen and oxygen atoms in total. The maximum absolute atomic E-state index is 5.95. The van der Waals surface area contributed by atoms with Gasteiger partial charge in [0.1, 0.15) is 0 Å². The molecule has 0 aromatic rings. The van der Waals surface area contributed by atoms with Crippen LogP contribution in [0.2, 0.25) is 0 Å². The van der Waals surface area contributed by atoms with Gasteiger partial charge in [0.2, 0.25) is 0 Å². The van der Waals surface area contributed by atoms with E-state index in [1.54, 1.807) is 0 Å². The van der Waals surface area contributed by atoms with E-state index in [0.717, 1.165) is 25.6 Å². The Morgan fingerprint density at radius 2 is 2.05 bits per heavy atom. The van der Waals surface area contributed by atoms with E-state index in [4.69, 9.17) is 5.73 Å². The molecular formula is C16H32N4. The fraction of sp³-hybridized carbons (Fsp3) is 0.938. The largest absolute Gasteiger partial charge is 0.370 e. The summed E-state index contributed by atoms with van der Waals surface area (Å²) in [4.78, 5) is 7.03. The van der Waals surface area contributed by atoms with Gasteiger partial charge in [-0.15, -0.1) is 0 Å². The summed E-state index contributed by atoms with van der Waals surface area (Å²) in [5.41, 5.74) is 5.95. The van der Waals surface area contributed by atoms with Crippen LogP contribution in [-0.2, 0) is 0 Å². The maximum Gasteiger partial charge on any atom is 0.188 e. The number of aliphatic imine (C=N–C) groups is 1. The lowest BCUT2D eigenvalue weighted by Gasteiger charge is -2.21. The molecule has 2 fully saturated rings. The Bertz CT molecular complexity index is 297. The first-order valence-corrected chi connectivity index (χ1v) is 8.57. The van der Waals surface area contributed by atoms with Crippen molar-refractivity contribution < 1.29 is 0 Å². The minimum Gasteiger partial charge on any atom is -0.370 e. The van der Waals surface area contributed by atoms with Crippen molar-refractivity contribution in [1.29, 1.82) is 0 Å². The maximum atomic E-state index is 5.95. The van der Waals surface area contributed by atoms with Crippen LogP contribution in [0, 0.1) is 5.92 Å². The van der Waals surface area contributed by atoms with Gasteiger partial charge in [-0.3, -0.25) is 9.89 Å². The van der Waals surface area contributed by atoms with Crippen LogP contribution in [-0.4, -0.2) is 43.1 Å². The highest BCUT2D eigenvalue weighted by atomic mass is 15.2. The molecule has 4 heteroatoms. The van der Waals surface area contributed by atoms with Gasteiger partial charge in [0, 0.05) is 12.6 Å². The zero-order valence-electron chi connectivity index (χ0n) is 13.1. The summed E-state index contributed by atoms with van der Waals surface area (Å²) >= 11 is 0. The molecule has 2 rings (SSSR count). The van der Waals surface area contributed by atoms with Crippen molar-refractivity contribution in [2.24, 2.45) is 16.6 Å². The molecule has 0 radical (unpaired) electrons. The van der Waals surface area contributed by atoms with Crippen molar-refractivity contribution in [3.8, 4) is 0 Å². The summed E-state index contributed by atoms with van der Waals surface area (Å²) in [6, 6.07) is 0.610. The Kier molecular flexibility index (Phi) is 6.64. The topological polar surface area (TPSA) is 53.6 Å². The van der Waals surface area contributed by atoms with E-state index in [9.17, 15) is 0 Å². The van der Waals surface area contributed by atoms with E-state index in [1.807, 2.05) is 0 Å². The van der Waals surface area contributed by atoms with E-state index in [0.29, 0.717) is 12.0 Å². The van der Waals surface area contributed by atoms with Crippen LogP contribution < -0.4 is 11.1 Å².